The average Bonchev–Trinajstić information content (AvgIpc) is 2.61. The first-order valence-corrected chi connectivity index (χ1v) is 7.59. The molecule has 0 saturated carbocycles. The molecule has 3 atom stereocenters. The Balaban J connectivity index is 2.22. The van der Waals surface area contributed by atoms with E-state index in [1.165, 1.54) is 6.42 Å². The van der Waals surface area contributed by atoms with Gasteiger partial charge in [0.15, 0.2) is 0 Å². The van der Waals surface area contributed by atoms with E-state index in [1.807, 2.05) is 0 Å². The average molecular weight is 270 g/mol. The van der Waals surface area contributed by atoms with Crippen LogP contribution in [-0.4, -0.2) is 38.6 Å². The van der Waals surface area contributed by atoms with Gasteiger partial charge in [0.1, 0.15) is 0 Å². The molecule has 2 fully saturated rings. The molecule has 2 aliphatic heterocycles. The maximum Gasteiger partial charge on any atom is 0.0927 e. The van der Waals surface area contributed by atoms with Gasteiger partial charge in [0.2, 0.25) is 0 Å². The predicted molar refractivity (Wildman–Crippen MR) is 76.3 cm³/mol. The fourth-order valence-electron chi connectivity index (χ4n) is 3.96. The zero-order valence-corrected chi connectivity index (χ0v) is 13.3. The summed E-state index contributed by atoms with van der Waals surface area (Å²) in [5, 5.41) is 0. The van der Waals surface area contributed by atoms with Gasteiger partial charge in [-0.05, 0) is 37.0 Å². The van der Waals surface area contributed by atoms with Crippen LogP contribution in [0, 0.1) is 11.3 Å². The molecule has 0 aromatic heterocycles. The minimum absolute atomic E-state index is 0.0668. The van der Waals surface area contributed by atoms with Crippen LogP contribution in [0.25, 0.3) is 0 Å². The number of ether oxygens (including phenoxy) is 3. The normalized spacial score (nSPS) is 38.7. The van der Waals surface area contributed by atoms with Crippen LogP contribution >= 0.6 is 0 Å². The molecule has 3 nitrogen and oxygen atoms in total. The smallest absolute Gasteiger partial charge is 0.0927 e. The van der Waals surface area contributed by atoms with Gasteiger partial charge >= 0.3 is 0 Å². The third kappa shape index (κ3) is 2.84. The van der Waals surface area contributed by atoms with Crippen molar-refractivity contribution in [1.82, 2.24) is 0 Å². The van der Waals surface area contributed by atoms with Crippen LogP contribution in [0.2, 0.25) is 0 Å². The summed E-state index contributed by atoms with van der Waals surface area (Å²) in [4.78, 5) is 0. The lowest BCUT2D eigenvalue weighted by atomic mass is 9.67. The van der Waals surface area contributed by atoms with E-state index in [2.05, 4.69) is 20.8 Å². The van der Waals surface area contributed by atoms with Crippen molar-refractivity contribution in [3.05, 3.63) is 0 Å². The SMILES string of the molecule is CCC(C)(C)[C@@H]1C[C@@]2(COC)CC[C@@](COC)(C1)O2. The summed E-state index contributed by atoms with van der Waals surface area (Å²) in [5.41, 5.74) is 0.234. The van der Waals surface area contributed by atoms with Crippen LogP contribution in [0.4, 0.5) is 0 Å². The van der Waals surface area contributed by atoms with E-state index in [1.54, 1.807) is 14.2 Å². The third-order valence-electron chi connectivity index (χ3n) is 5.54. The standard InChI is InChI=1S/C16H30O3/c1-6-14(2,3)13-9-15(11-17-4)7-8-16(10-13,19-15)12-18-5/h13H,6-12H2,1-5H3/t13-,15-,16+. The summed E-state index contributed by atoms with van der Waals surface area (Å²) in [5.74, 6) is 0.694. The van der Waals surface area contributed by atoms with Gasteiger partial charge in [0, 0.05) is 14.2 Å². The van der Waals surface area contributed by atoms with Gasteiger partial charge < -0.3 is 14.2 Å². The summed E-state index contributed by atoms with van der Waals surface area (Å²) >= 11 is 0. The third-order valence-corrected chi connectivity index (χ3v) is 5.54. The van der Waals surface area contributed by atoms with Crippen LogP contribution in [0.1, 0.15) is 52.9 Å². The van der Waals surface area contributed by atoms with Gasteiger partial charge in [-0.2, -0.15) is 0 Å². The Morgan fingerprint density at radius 3 is 1.89 bits per heavy atom. The van der Waals surface area contributed by atoms with Gasteiger partial charge in [-0.25, -0.2) is 0 Å². The van der Waals surface area contributed by atoms with Crippen molar-refractivity contribution in [2.24, 2.45) is 11.3 Å². The fraction of sp³-hybridized carbons (Fsp3) is 1.00. The van der Waals surface area contributed by atoms with Crippen LogP contribution in [0.3, 0.4) is 0 Å². The van der Waals surface area contributed by atoms with E-state index in [-0.39, 0.29) is 11.2 Å². The monoisotopic (exact) mass is 270 g/mol. The molecule has 112 valence electrons. The molecule has 2 bridgehead atoms. The molecule has 0 amide bonds. The van der Waals surface area contributed by atoms with Crippen LogP contribution in [0.15, 0.2) is 0 Å². The summed E-state index contributed by atoms with van der Waals surface area (Å²) in [7, 11) is 3.56. The highest BCUT2D eigenvalue weighted by atomic mass is 16.6. The van der Waals surface area contributed by atoms with E-state index in [9.17, 15) is 0 Å². The first kappa shape index (κ1) is 15.3. The number of hydrogen-bond acceptors (Lipinski definition) is 3. The summed E-state index contributed by atoms with van der Waals surface area (Å²) in [6.45, 7) is 8.51. The van der Waals surface area contributed by atoms with E-state index in [0.717, 1.165) is 38.9 Å². The van der Waals surface area contributed by atoms with Crippen molar-refractivity contribution in [3.8, 4) is 0 Å². The number of methoxy groups -OCH3 is 2. The van der Waals surface area contributed by atoms with E-state index in [4.69, 9.17) is 14.2 Å². The second-order valence-corrected chi connectivity index (χ2v) is 7.28. The molecule has 2 rings (SSSR count). The largest absolute Gasteiger partial charge is 0.382 e. The minimum Gasteiger partial charge on any atom is -0.382 e. The number of fused-ring (bicyclic) bond motifs is 2. The van der Waals surface area contributed by atoms with Gasteiger partial charge in [-0.1, -0.05) is 27.2 Å². The molecule has 2 saturated heterocycles. The van der Waals surface area contributed by atoms with E-state index >= 15 is 0 Å². The van der Waals surface area contributed by atoms with Crippen LogP contribution in [0.5, 0.6) is 0 Å². The second kappa shape index (κ2) is 5.34. The van der Waals surface area contributed by atoms with Crippen LogP contribution < -0.4 is 0 Å². The lowest BCUT2D eigenvalue weighted by Crippen LogP contribution is -2.51. The molecular formula is C16H30O3. The van der Waals surface area contributed by atoms with E-state index in [0.29, 0.717) is 11.3 Å². The second-order valence-electron chi connectivity index (χ2n) is 7.28. The minimum atomic E-state index is -0.0668. The van der Waals surface area contributed by atoms with Crippen molar-refractivity contribution >= 4 is 0 Å². The summed E-state index contributed by atoms with van der Waals surface area (Å²) in [6, 6.07) is 0. The Labute approximate surface area is 118 Å². The Hall–Kier alpha value is -0.120. The highest BCUT2D eigenvalue weighted by Gasteiger charge is 2.57. The van der Waals surface area contributed by atoms with Crippen LogP contribution in [-0.2, 0) is 14.2 Å². The molecule has 0 aromatic rings. The lowest BCUT2D eigenvalue weighted by molar-refractivity contribution is -0.204. The maximum atomic E-state index is 6.47. The van der Waals surface area contributed by atoms with Crippen molar-refractivity contribution in [2.45, 2.75) is 64.1 Å². The quantitative estimate of drug-likeness (QED) is 0.740. The first-order chi connectivity index (χ1) is 8.91. The van der Waals surface area contributed by atoms with Crippen molar-refractivity contribution in [2.75, 3.05) is 27.4 Å². The Morgan fingerprint density at radius 2 is 1.53 bits per heavy atom. The molecule has 0 spiro atoms. The molecule has 0 unspecified atom stereocenters. The first-order valence-electron chi connectivity index (χ1n) is 7.59. The molecule has 3 heteroatoms. The van der Waals surface area contributed by atoms with Crippen molar-refractivity contribution in [1.29, 1.82) is 0 Å². The van der Waals surface area contributed by atoms with Crippen molar-refractivity contribution < 1.29 is 14.2 Å². The summed E-state index contributed by atoms with van der Waals surface area (Å²) < 4.78 is 17.4. The number of rotatable bonds is 6. The summed E-state index contributed by atoms with van der Waals surface area (Å²) in [6.07, 6.45) is 5.70. The zero-order chi connectivity index (χ0) is 14.1. The molecule has 0 radical (unpaired) electrons. The zero-order valence-electron chi connectivity index (χ0n) is 13.3. The molecule has 2 heterocycles. The molecule has 19 heavy (non-hydrogen) atoms. The Bertz CT molecular complexity index is 293. The maximum absolute atomic E-state index is 6.47. The molecule has 0 aliphatic carbocycles. The van der Waals surface area contributed by atoms with Crippen molar-refractivity contribution in [3.63, 3.8) is 0 Å². The Kier molecular flexibility index (Phi) is 4.29. The lowest BCUT2D eigenvalue weighted by Gasteiger charge is -2.48. The highest BCUT2D eigenvalue weighted by molar-refractivity contribution is 5.06. The molecule has 0 aromatic carbocycles. The van der Waals surface area contributed by atoms with E-state index < -0.39 is 0 Å². The molecule has 2 aliphatic rings. The fourth-order valence-corrected chi connectivity index (χ4v) is 3.96. The Morgan fingerprint density at radius 1 is 1.05 bits per heavy atom. The van der Waals surface area contributed by atoms with Gasteiger partial charge in [0.25, 0.3) is 0 Å². The molecule has 0 N–H and O–H groups in total. The molecular weight excluding hydrogens is 240 g/mol. The van der Waals surface area contributed by atoms with Gasteiger partial charge in [-0.3, -0.25) is 0 Å². The van der Waals surface area contributed by atoms with Gasteiger partial charge in [-0.15, -0.1) is 0 Å². The predicted octanol–water partition coefficient (Wildman–Crippen LogP) is 3.41. The topological polar surface area (TPSA) is 27.7 Å². The van der Waals surface area contributed by atoms with Gasteiger partial charge in [0.05, 0.1) is 24.4 Å². The highest BCUT2D eigenvalue weighted by Crippen LogP contribution is 2.55. The number of hydrogen-bond donors (Lipinski definition) is 0.